The van der Waals surface area contributed by atoms with Crippen molar-refractivity contribution in [3.05, 3.63) is 64.2 Å². The molecule has 20 heavy (non-hydrogen) atoms. The van der Waals surface area contributed by atoms with Gasteiger partial charge in [-0.05, 0) is 30.7 Å². The zero-order valence-corrected chi connectivity index (χ0v) is 11.4. The molecule has 1 aromatic carbocycles. The third-order valence-corrected chi connectivity index (χ3v) is 3.47. The zero-order chi connectivity index (χ0) is 14.3. The fourth-order valence-electron chi connectivity index (χ4n) is 2.27. The third kappa shape index (κ3) is 1.91. The molecule has 102 valence electrons. The van der Waals surface area contributed by atoms with Crippen LogP contribution in [0.15, 0.2) is 41.5 Å². The van der Waals surface area contributed by atoms with E-state index in [0.717, 1.165) is 0 Å². The minimum atomic E-state index is -0.376. The van der Waals surface area contributed by atoms with Gasteiger partial charge in [-0.25, -0.2) is 14.2 Å². The van der Waals surface area contributed by atoms with Gasteiger partial charge in [-0.15, -0.1) is 11.6 Å². The monoisotopic (exact) mass is 291 g/mol. The Morgan fingerprint density at radius 1 is 1.35 bits per heavy atom. The predicted octanol–water partition coefficient (Wildman–Crippen LogP) is 2.67. The van der Waals surface area contributed by atoms with Crippen molar-refractivity contribution in [1.29, 1.82) is 0 Å². The van der Waals surface area contributed by atoms with Gasteiger partial charge in [-0.1, -0.05) is 0 Å². The lowest BCUT2D eigenvalue weighted by atomic mass is 10.2. The van der Waals surface area contributed by atoms with Gasteiger partial charge < -0.3 is 0 Å². The van der Waals surface area contributed by atoms with Crippen LogP contribution in [0.5, 0.6) is 0 Å². The molecule has 0 saturated carbocycles. The molecule has 3 aromatic rings. The smallest absolute Gasteiger partial charge is 0.266 e. The van der Waals surface area contributed by atoms with Crippen LogP contribution in [0.25, 0.3) is 11.3 Å². The number of aryl methyl sites for hydroxylation is 1. The summed E-state index contributed by atoms with van der Waals surface area (Å²) >= 11 is 5.85. The van der Waals surface area contributed by atoms with E-state index in [1.807, 2.05) is 0 Å². The minimum Gasteiger partial charge on any atom is -0.266 e. The van der Waals surface area contributed by atoms with E-state index in [0.29, 0.717) is 22.6 Å². The van der Waals surface area contributed by atoms with Crippen molar-refractivity contribution in [2.24, 2.45) is 0 Å². The molecule has 0 N–H and O–H groups in total. The summed E-state index contributed by atoms with van der Waals surface area (Å²) in [6.45, 7) is 1.80. The highest BCUT2D eigenvalue weighted by atomic mass is 35.5. The Kier molecular flexibility index (Phi) is 3.06. The van der Waals surface area contributed by atoms with Crippen molar-refractivity contribution in [3.63, 3.8) is 0 Å². The number of hydrogen-bond acceptors (Lipinski definition) is 2. The van der Waals surface area contributed by atoms with Crippen LogP contribution >= 0.6 is 11.6 Å². The molecule has 0 atom stereocenters. The van der Waals surface area contributed by atoms with E-state index in [4.69, 9.17) is 11.6 Å². The van der Waals surface area contributed by atoms with Crippen LogP contribution in [-0.4, -0.2) is 14.0 Å². The first-order chi connectivity index (χ1) is 9.61. The average molecular weight is 292 g/mol. The molecule has 2 heterocycles. The Balaban J connectivity index is 2.37. The summed E-state index contributed by atoms with van der Waals surface area (Å²) in [5, 5.41) is 0. The van der Waals surface area contributed by atoms with Crippen molar-refractivity contribution >= 4 is 17.2 Å². The summed E-state index contributed by atoms with van der Waals surface area (Å²) in [7, 11) is 0. The van der Waals surface area contributed by atoms with E-state index in [2.05, 4.69) is 4.98 Å². The lowest BCUT2D eigenvalue weighted by Crippen LogP contribution is -2.27. The van der Waals surface area contributed by atoms with Gasteiger partial charge in [-0.2, -0.15) is 0 Å². The number of hydrogen-bond donors (Lipinski definition) is 0. The minimum absolute atomic E-state index is 0.126. The van der Waals surface area contributed by atoms with Crippen molar-refractivity contribution in [2.45, 2.75) is 12.8 Å². The quantitative estimate of drug-likeness (QED) is 0.681. The van der Waals surface area contributed by atoms with Crippen LogP contribution in [0.1, 0.15) is 11.3 Å². The van der Waals surface area contributed by atoms with Crippen LogP contribution in [0.2, 0.25) is 0 Å². The molecule has 3 rings (SSSR count). The maximum absolute atomic E-state index is 13.3. The number of halogens is 2. The van der Waals surface area contributed by atoms with E-state index in [1.165, 1.54) is 21.1 Å². The summed E-state index contributed by atoms with van der Waals surface area (Å²) in [5.41, 5.74) is 2.19. The highest BCUT2D eigenvalue weighted by molar-refractivity contribution is 6.17. The molecule has 0 aliphatic carbocycles. The number of rotatable bonds is 2. The normalized spacial score (nSPS) is 11.2. The summed E-state index contributed by atoms with van der Waals surface area (Å²) in [6.07, 6.45) is 3.16. The largest absolute Gasteiger partial charge is 0.338 e. The molecule has 0 radical (unpaired) electrons. The van der Waals surface area contributed by atoms with Crippen LogP contribution < -0.4 is 5.69 Å². The molecule has 0 unspecified atom stereocenters. The molecular formula is C14H11ClFN3O. The maximum atomic E-state index is 13.3. The van der Waals surface area contributed by atoms with E-state index < -0.39 is 0 Å². The Morgan fingerprint density at radius 3 is 2.90 bits per heavy atom. The van der Waals surface area contributed by atoms with Crippen molar-refractivity contribution in [3.8, 4) is 5.69 Å². The topological polar surface area (TPSA) is 39.3 Å². The lowest BCUT2D eigenvalue weighted by molar-refractivity contribution is 0.625. The number of imidazole rings is 1. The molecule has 0 aliphatic rings. The van der Waals surface area contributed by atoms with Crippen molar-refractivity contribution in [2.75, 3.05) is 0 Å². The summed E-state index contributed by atoms with van der Waals surface area (Å²) in [4.78, 5) is 16.6. The van der Waals surface area contributed by atoms with Crippen LogP contribution in [0, 0.1) is 12.7 Å². The molecule has 0 saturated heterocycles. The summed E-state index contributed by atoms with van der Waals surface area (Å²) < 4.78 is 16.2. The van der Waals surface area contributed by atoms with Gasteiger partial charge >= 0.3 is 5.69 Å². The standard InChI is InChI=1S/C14H11ClFN3O/c1-9-6-13-17-4-5-18(13)14(20)19(9)12-3-2-11(16)7-10(12)8-15/h2-7H,8H2,1H3. The van der Waals surface area contributed by atoms with Gasteiger partial charge in [0.05, 0.1) is 5.69 Å². The first-order valence-corrected chi connectivity index (χ1v) is 6.56. The molecule has 0 aliphatic heterocycles. The Bertz CT molecular complexity index is 853. The fourth-order valence-corrected chi connectivity index (χ4v) is 2.48. The molecule has 2 aromatic heterocycles. The first-order valence-electron chi connectivity index (χ1n) is 6.02. The Hall–Kier alpha value is -2.14. The van der Waals surface area contributed by atoms with E-state index in [-0.39, 0.29) is 17.4 Å². The number of fused-ring (bicyclic) bond motifs is 1. The third-order valence-electron chi connectivity index (χ3n) is 3.18. The highest BCUT2D eigenvalue weighted by Crippen LogP contribution is 2.19. The molecule has 0 amide bonds. The SMILES string of the molecule is Cc1cc2nccn2c(=O)n1-c1ccc(F)cc1CCl. The second kappa shape index (κ2) is 4.76. The molecular weight excluding hydrogens is 281 g/mol. The number of nitrogens with zero attached hydrogens (tertiary/aromatic N) is 3. The highest BCUT2D eigenvalue weighted by Gasteiger charge is 2.12. The van der Waals surface area contributed by atoms with Gasteiger partial charge in [0, 0.05) is 30.0 Å². The van der Waals surface area contributed by atoms with Crippen molar-refractivity contribution in [1.82, 2.24) is 14.0 Å². The fraction of sp³-hybridized carbons (Fsp3) is 0.143. The van der Waals surface area contributed by atoms with E-state index in [9.17, 15) is 9.18 Å². The van der Waals surface area contributed by atoms with E-state index >= 15 is 0 Å². The zero-order valence-electron chi connectivity index (χ0n) is 10.7. The van der Waals surface area contributed by atoms with Crippen LogP contribution in [-0.2, 0) is 5.88 Å². The first kappa shape index (κ1) is 12.9. The van der Waals surface area contributed by atoms with Gasteiger partial charge in [0.15, 0.2) is 0 Å². The van der Waals surface area contributed by atoms with Crippen LogP contribution in [0.4, 0.5) is 4.39 Å². The summed E-state index contributed by atoms with van der Waals surface area (Å²) in [5.74, 6) is -0.250. The second-order valence-corrected chi connectivity index (χ2v) is 4.73. The molecule has 0 bridgehead atoms. The second-order valence-electron chi connectivity index (χ2n) is 4.47. The molecule has 0 spiro atoms. The van der Waals surface area contributed by atoms with E-state index in [1.54, 1.807) is 31.5 Å². The maximum Gasteiger partial charge on any atom is 0.338 e. The summed E-state index contributed by atoms with van der Waals surface area (Å²) in [6, 6.07) is 6.01. The average Bonchev–Trinajstić information content (AvgIpc) is 2.88. The Morgan fingerprint density at radius 2 is 2.15 bits per heavy atom. The van der Waals surface area contributed by atoms with Gasteiger partial charge in [0.1, 0.15) is 11.5 Å². The van der Waals surface area contributed by atoms with Gasteiger partial charge in [0.2, 0.25) is 0 Å². The molecule has 4 nitrogen and oxygen atoms in total. The van der Waals surface area contributed by atoms with Crippen LogP contribution in [0.3, 0.4) is 0 Å². The molecule has 0 fully saturated rings. The number of aromatic nitrogens is 3. The van der Waals surface area contributed by atoms with Gasteiger partial charge in [0.25, 0.3) is 0 Å². The molecule has 6 heteroatoms. The lowest BCUT2D eigenvalue weighted by Gasteiger charge is -2.13. The number of benzene rings is 1. The van der Waals surface area contributed by atoms with Crippen molar-refractivity contribution < 1.29 is 4.39 Å². The van der Waals surface area contributed by atoms with Gasteiger partial charge in [-0.3, -0.25) is 8.97 Å². The number of alkyl halides is 1. The Labute approximate surface area is 119 Å². The predicted molar refractivity (Wildman–Crippen MR) is 75.0 cm³/mol.